The van der Waals surface area contributed by atoms with Crippen molar-refractivity contribution in [3.05, 3.63) is 12.2 Å². The molecule has 33 heavy (non-hydrogen) atoms. The predicted molar refractivity (Wildman–Crippen MR) is 139 cm³/mol. The number of hydrogen-bond donors (Lipinski definition) is 0. The van der Waals surface area contributed by atoms with Crippen molar-refractivity contribution in [2.24, 2.45) is 0 Å². The second-order valence-electron chi connectivity index (χ2n) is 9.41. The van der Waals surface area contributed by atoms with E-state index in [0.717, 1.165) is 38.5 Å². The Kier molecular flexibility index (Phi) is 24.3. The normalized spacial score (nSPS) is 12.2. The van der Waals surface area contributed by atoms with Gasteiger partial charge in [0.05, 0.1) is 6.61 Å². The summed E-state index contributed by atoms with van der Waals surface area (Å²) >= 11 is 0. The molecule has 0 aromatic carbocycles. The zero-order chi connectivity index (χ0) is 24.4. The quantitative estimate of drug-likeness (QED) is 0.0809. The van der Waals surface area contributed by atoms with E-state index in [4.69, 9.17) is 9.47 Å². The minimum absolute atomic E-state index is 0.0665. The van der Waals surface area contributed by atoms with Crippen molar-refractivity contribution in [1.29, 1.82) is 0 Å². The summed E-state index contributed by atoms with van der Waals surface area (Å²) in [7, 11) is 0. The Bertz CT molecular complexity index is 472. The van der Waals surface area contributed by atoms with E-state index >= 15 is 0 Å². The molecular weight excluding hydrogens is 412 g/mol. The van der Waals surface area contributed by atoms with Gasteiger partial charge < -0.3 is 9.47 Å². The molecule has 0 amide bonds. The van der Waals surface area contributed by atoms with Crippen molar-refractivity contribution in [3.8, 4) is 0 Å². The van der Waals surface area contributed by atoms with Gasteiger partial charge in [-0.25, -0.2) is 9.59 Å². The van der Waals surface area contributed by atoms with Gasteiger partial charge in [-0.3, -0.25) is 0 Å². The van der Waals surface area contributed by atoms with Gasteiger partial charge in [-0.1, -0.05) is 130 Å². The maximum atomic E-state index is 11.8. The molecule has 0 aromatic heterocycles. The van der Waals surface area contributed by atoms with E-state index in [1.54, 1.807) is 0 Å². The summed E-state index contributed by atoms with van der Waals surface area (Å²) in [4.78, 5) is 23.5. The van der Waals surface area contributed by atoms with Crippen molar-refractivity contribution < 1.29 is 19.1 Å². The first-order chi connectivity index (χ1) is 16.1. The first-order valence-corrected chi connectivity index (χ1v) is 14.2. The van der Waals surface area contributed by atoms with Gasteiger partial charge in [-0.05, 0) is 19.3 Å². The second kappa shape index (κ2) is 25.3. The summed E-state index contributed by atoms with van der Waals surface area (Å²) in [5.74, 6) is -0.924. The second-order valence-corrected chi connectivity index (χ2v) is 9.41. The minimum atomic E-state index is -0.463. The van der Waals surface area contributed by atoms with Crippen LogP contribution in [0.3, 0.4) is 0 Å². The van der Waals surface area contributed by atoms with Crippen LogP contribution in [-0.2, 0) is 19.1 Å². The molecule has 0 radical (unpaired) electrons. The van der Waals surface area contributed by atoms with Crippen LogP contribution in [0.4, 0.5) is 0 Å². The van der Waals surface area contributed by atoms with E-state index in [-0.39, 0.29) is 6.10 Å². The molecule has 194 valence electrons. The molecule has 1 atom stereocenters. The highest BCUT2D eigenvalue weighted by Crippen LogP contribution is 2.14. The van der Waals surface area contributed by atoms with Crippen LogP contribution < -0.4 is 0 Å². The van der Waals surface area contributed by atoms with Crippen LogP contribution >= 0.6 is 0 Å². The minimum Gasteiger partial charge on any atom is -0.463 e. The van der Waals surface area contributed by atoms with E-state index < -0.39 is 11.9 Å². The van der Waals surface area contributed by atoms with Crippen LogP contribution in [0.25, 0.3) is 0 Å². The average molecular weight is 467 g/mol. The lowest BCUT2D eigenvalue weighted by Gasteiger charge is -2.14. The molecule has 0 aromatic rings. The Balaban J connectivity index is 3.44. The van der Waals surface area contributed by atoms with Gasteiger partial charge in [0, 0.05) is 12.2 Å². The van der Waals surface area contributed by atoms with Gasteiger partial charge in [0.2, 0.25) is 0 Å². The van der Waals surface area contributed by atoms with Gasteiger partial charge in [0.15, 0.2) is 0 Å². The third-order valence-corrected chi connectivity index (χ3v) is 6.22. The molecule has 0 N–H and O–H groups in total. The first kappa shape index (κ1) is 31.7. The topological polar surface area (TPSA) is 52.6 Å². The molecule has 0 aliphatic heterocycles. The number of esters is 2. The Morgan fingerprint density at radius 1 is 0.576 bits per heavy atom. The molecule has 4 nitrogen and oxygen atoms in total. The van der Waals surface area contributed by atoms with Crippen LogP contribution in [0.2, 0.25) is 0 Å². The van der Waals surface area contributed by atoms with E-state index in [0.29, 0.717) is 6.61 Å². The van der Waals surface area contributed by atoms with Crippen LogP contribution in [0.15, 0.2) is 12.2 Å². The maximum Gasteiger partial charge on any atom is 0.331 e. The van der Waals surface area contributed by atoms with Crippen LogP contribution in [0, 0.1) is 0 Å². The van der Waals surface area contributed by atoms with Crippen molar-refractivity contribution >= 4 is 11.9 Å². The van der Waals surface area contributed by atoms with E-state index in [1.165, 1.54) is 102 Å². The number of carbonyl (C=O) groups is 2. The highest BCUT2D eigenvalue weighted by atomic mass is 16.5. The molecule has 0 bridgehead atoms. The van der Waals surface area contributed by atoms with Gasteiger partial charge in [0.1, 0.15) is 6.10 Å². The number of carbonyl (C=O) groups excluding carboxylic acids is 2. The zero-order valence-corrected chi connectivity index (χ0v) is 22.2. The standard InChI is InChI=1S/C29H54O4/c1-4-7-9-10-11-12-13-14-15-16-17-18-19-20-21-22-26-32-28(30)24-25-29(31)33-27(6-3)23-8-5-2/h24-25,27H,4-23,26H2,1-3H3/b25-24+. The van der Waals surface area contributed by atoms with Crippen molar-refractivity contribution in [1.82, 2.24) is 0 Å². The van der Waals surface area contributed by atoms with Crippen molar-refractivity contribution in [2.45, 2.75) is 155 Å². The summed E-state index contributed by atoms with van der Waals surface area (Å²) < 4.78 is 10.5. The number of hydrogen-bond acceptors (Lipinski definition) is 4. The van der Waals surface area contributed by atoms with Gasteiger partial charge in [-0.15, -0.1) is 0 Å². The Morgan fingerprint density at radius 2 is 1.00 bits per heavy atom. The molecule has 1 unspecified atom stereocenters. The Morgan fingerprint density at radius 3 is 1.45 bits per heavy atom. The highest BCUT2D eigenvalue weighted by molar-refractivity contribution is 5.91. The fourth-order valence-corrected chi connectivity index (χ4v) is 3.99. The molecule has 0 saturated carbocycles. The molecule has 0 aliphatic rings. The van der Waals surface area contributed by atoms with Crippen LogP contribution in [0.1, 0.15) is 149 Å². The third-order valence-electron chi connectivity index (χ3n) is 6.22. The fourth-order valence-electron chi connectivity index (χ4n) is 3.99. The molecule has 0 spiro atoms. The average Bonchev–Trinajstić information content (AvgIpc) is 2.82. The van der Waals surface area contributed by atoms with Gasteiger partial charge in [0.25, 0.3) is 0 Å². The number of rotatable bonds is 24. The van der Waals surface area contributed by atoms with E-state index in [2.05, 4.69) is 13.8 Å². The highest BCUT2D eigenvalue weighted by Gasteiger charge is 2.10. The van der Waals surface area contributed by atoms with Gasteiger partial charge in [-0.2, -0.15) is 0 Å². The van der Waals surface area contributed by atoms with Gasteiger partial charge >= 0.3 is 11.9 Å². The number of ether oxygens (including phenoxy) is 2. The largest absolute Gasteiger partial charge is 0.463 e. The molecule has 0 heterocycles. The first-order valence-electron chi connectivity index (χ1n) is 14.2. The molecular formula is C29H54O4. The summed E-state index contributed by atoms with van der Waals surface area (Å²) in [6.07, 6.45) is 27.2. The fraction of sp³-hybridized carbons (Fsp3) is 0.862. The lowest BCUT2D eigenvalue weighted by Crippen LogP contribution is -2.16. The predicted octanol–water partition coefficient (Wildman–Crippen LogP) is 8.86. The Hall–Kier alpha value is -1.32. The number of unbranched alkanes of at least 4 members (excludes halogenated alkanes) is 16. The van der Waals surface area contributed by atoms with E-state index in [9.17, 15) is 9.59 Å². The molecule has 4 heteroatoms. The van der Waals surface area contributed by atoms with Crippen LogP contribution in [-0.4, -0.2) is 24.6 Å². The van der Waals surface area contributed by atoms with Crippen molar-refractivity contribution in [3.63, 3.8) is 0 Å². The Labute approximate surface area is 205 Å². The monoisotopic (exact) mass is 466 g/mol. The molecule has 0 saturated heterocycles. The maximum absolute atomic E-state index is 11.8. The van der Waals surface area contributed by atoms with E-state index in [1.807, 2.05) is 6.92 Å². The molecule has 0 rings (SSSR count). The summed E-state index contributed by atoms with van der Waals surface area (Å²) in [5, 5.41) is 0. The SMILES string of the molecule is CCCCCCCCCCCCCCCCCCOC(=O)/C=C/C(=O)OC(CC)CCCC. The summed E-state index contributed by atoms with van der Waals surface area (Å²) in [5.41, 5.74) is 0. The lowest BCUT2D eigenvalue weighted by atomic mass is 10.0. The summed E-state index contributed by atoms with van der Waals surface area (Å²) in [6.45, 7) is 6.81. The smallest absolute Gasteiger partial charge is 0.331 e. The van der Waals surface area contributed by atoms with Crippen molar-refractivity contribution in [2.75, 3.05) is 6.61 Å². The lowest BCUT2D eigenvalue weighted by molar-refractivity contribution is -0.144. The van der Waals surface area contributed by atoms with Crippen LogP contribution in [0.5, 0.6) is 0 Å². The summed E-state index contributed by atoms with van der Waals surface area (Å²) in [6, 6.07) is 0. The molecule has 0 fully saturated rings. The zero-order valence-electron chi connectivity index (χ0n) is 22.2. The third kappa shape index (κ3) is 23.6. The molecule has 0 aliphatic carbocycles.